The third kappa shape index (κ3) is 5.16. The molecule has 2 nitrogen and oxygen atoms in total. The Labute approximate surface area is 84.2 Å². The second kappa shape index (κ2) is 8.38. The van der Waals surface area contributed by atoms with Crippen LogP contribution in [0.1, 0.15) is 26.2 Å². The van der Waals surface area contributed by atoms with Gasteiger partial charge in [0.25, 0.3) is 0 Å². The van der Waals surface area contributed by atoms with E-state index >= 15 is 0 Å². The molecule has 13 heavy (non-hydrogen) atoms. The summed E-state index contributed by atoms with van der Waals surface area (Å²) >= 11 is 0.270. The van der Waals surface area contributed by atoms with Crippen LogP contribution in [0.2, 0.25) is 0 Å². The number of hydrogen-bond acceptors (Lipinski definition) is 3. The number of ether oxygens (including phenoxy) is 1. The van der Waals surface area contributed by atoms with E-state index < -0.39 is 0 Å². The monoisotopic (exact) mass is 207 g/mol. The molecule has 0 amide bonds. The van der Waals surface area contributed by atoms with Crippen molar-refractivity contribution in [1.82, 2.24) is 5.32 Å². The maximum Gasteiger partial charge on any atom is 0.0814 e. The second-order valence-corrected chi connectivity index (χ2v) is 3.41. The molecule has 0 spiro atoms. The van der Waals surface area contributed by atoms with E-state index in [9.17, 15) is 3.89 Å². The van der Waals surface area contributed by atoms with Gasteiger partial charge in [-0.05, 0) is 12.8 Å². The normalized spacial score (nSPS) is 12.6. The third-order valence-electron chi connectivity index (χ3n) is 1.79. The van der Waals surface area contributed by atoms with Crippen LogP contribution in [0.4, 0.5) is 3.89 Å². The lowest BCUT2D eigenvalue weighted by Crippen LogP contribution is -2.10. The lowest BCUT2D eigenvalue weighted by atomic mass is 10.2. The van der Waals surface area contributed by atoms with E-state index in [1.54, 1.807) is 7.11 Å². The van der Waals surface area contributed by atoms with Crippen molar-refractivity contribution in [2.45, 2.75) is 26.2 Å². The Morgan fingerprint density at radius 2 is 2.23 bits per heavy atom. The van der Waals surface area contributed by atoms with E-state index in [0.29, 0.717) is 11.5 Å². The van der Waals surface area contributed by atoms with Crippen LogP contribution in [-0.2, 0) is 4.74 Å². The molecule has 0 aromatic heterocycles. The highest BCUT2D eigenvalue weighted by Gasteiger charge is 2.05. The molecule has 0 saturated heterocycles. The van der Waals surface area contributed by atoms with Gasteiger partial charge in [0.2, 0.25) is 0 Å². The van der Waals surface area contributed by atoms with Gasteiger partial charge in [-0.25, -0.2) is 0 Å². The van der Waals surface area contributed by atoms with E-state index in [4.69, 9.17) is 4.74 Å². The van der Waals surface area contributed by atoms with Crippen molar-refractivity contribution in [1.29, 1.82) is 0 Å². The number of nitrogens with one attached hydrogen (secondary N) is 1. The fourth-order valence-corrected chi connectivity index (χ4v) is 1.50. The molecule has 4 heteroatoms. The topological polar surface area (TPSA) is 21.3 Å². The van der Waals surface area contributed by atoms with Crippen LogP contribution in [0.25, 0.3) is 0 Å². The van der Waals surface area contributed by atoms with Gasteiger partial charge in [0.05, 0.1) is 23.7 Å². The van der Waals surface area contributed by atoms with Crippen molar-refractivity contribution in [3.05, 3.63) is 10.6 Å². The molecule has 0 aromatic rings. The first kappa shape index (κ1) is 12.8. The second-order valence-electron chi connectivity index (χ2n) is 2.77. The highest BCUT2D eigenvalue weighted by molar-refractivity contribution is 7.98. The summed E-state index contributed by atoms with van der Waals surface area (Å²) < 4.78 is 17.3. The van der Waals surface area contributed by atoms with Crippen LogP contribution in [0.5, 0.6) is 0 Å². The van der Waals surface area contributed by atoms with Crippen molar-refractivity contribution in [2.24, 2.45) is 0 Å². The van der Waals surface area contributed by atoms with Gasteiger partial charge in [-0.15, -0.1) is 0 Å². The molecule has 78 valence electrons. The van der Waals surface area contributed by atoms with Crippen LogP contribution in [0, 0.1) is 0 Å². The minimum atomic E-state index is 0.270. The number of methoxy groups -OCH3 is 1. The number of halogens is 1. The number of unbranched alkanes of at least 4 members (excludes halogenated alkanes) is 1. The van der Waals surface area contributed by atoms with E-state index in [1.165, 1.54) is 0 Å². The molecule has 0 fully saturated rings. The smallest absolute Gasteiger partial charge is 0.0814 e. The van der Waals surface area contributed by atoms with Gasteiger partial charge in [0.15, 0.2) is 0 Å². The molecule has 0 rings (SSSR count). The summed E-state index contributed by atoms with van der Waals surface area (Å²) in [7, 11) is 3.39. The molecular weight excluding hydrogens is 189 g/mol. The average Bonchev–Trinajstić information content (AvgIpc) is 2.17. The SMILES string of the molecule is CCCC/C(NC)=C(\COC)SF. The lowest BCUT2D eigenvalue weighted by Gasteiger charge is -2.10. The minimum absolute atomic E-state index is 0.270. The van der Waals surface area contributed by atoms with Gasteiger partial charge in [0, 0.05) is 19.9 Å². The maximum atomic E-state index is 12.4. The quantitative estimate of drug-likeness (QED) is 0.693. The Balaban J connectivity index is 4.23. The van der Waals surface area contributed by atoms with Crippen LogP contribution >= 0.6 is 12.1 Å². The lowest BCUT2D eigenvalue weighted by molar-refractivity contribution is 0.230. The van der Waals surface area contributed by atoms with Crippen molar-refractivity contribution in [2.75, 3.05) is 20.8 Å². The molecule has 0 aromatic carbocycles. The fourth-order valence-electron chi connectivity index (χ4n) is 1.04. The van der Waals surface area contributed by atoms with Crippen LogP contribution < -0.4 is 5.32 Å². The summed E-state index contributed by atoms with van der Waals surface area (Å²) in [4.78, 5) is 0.651. The zero-order chi connectivity index (χ0) is 10.1. The van der Waals surface area contributed by atoms with Crippen molar-refractivity contribution < 1.29 is 8.62 Å². The van der Waals surface area contributed by atoms with Crippen molar-refractivity contribution in [3.8, 4) is 0 Å². The highest BCUT2D eigenvalue weighted by Crippen LogP contribution is 2.22. The zero-order valence-corrected chi connectivity index (χ0v) is 9.34. The molecule has 0 saturated carbocycles. The van der Waals surface area contributed by atoms with Crippen molar-refractivity contribution >= 4 is 12.1 Å². The molecule has 1 N–H and O–H groups in total. The predicted octanol–water partition coefficient (Wildman–Crippen LogP) is 2.87. The van der Waals surface area contributed by atoms with Gasteiger partial charge in [0.1, 0.15) is 0 Å². The largest absolute Gasteiger partial charge is 0.391 e. The Hall–Kier alpha value is -0.220. The number of rotatable bonds is 7. The molecule has 0 radical (unpaired) electrons. The Morgan fingerprint density at radius 1 is 1.54 bits per heavy atom. The first-order valence-corrected chi connectivity index (χ1v) is 5.19. The third-order valence-corrected chi connectivity index (χ3v) is 2.34. The van der Waals surface area contributed by atoms with Gasteiger partial charge in [-0.2, -0.15) is 3.89 Å². The van der Waals surface area contributed by atoms with Crippen molar-refractivity contribution in [3.63, 3.8) is 0 Å². The summed E-state index contributed by atoms with van der Waals surface area (Å²) in [5, 5.41) is 3.01. The fraction of sp³-hybridized carbons (Fsp3) is 0.778. The summed E-state index contributed by atoms with van der Waals surface area (Å²) in [5.74, 6) is 0. The highest BCUT2D eigenvalue weighted by atomic mass is 32.2. The van der Waals surface area contributed by atoms with Crippen LogP contribution in [0.15, 0.2) is 10.6 Å². The molecule has 0 aliphatic rings. The summed E-state index contributed by atoms with van der Waals surface area (Å²) in [6, 6.07) is 0. The van der Waals surface area contributed by atoms with Crippen LogP contribution in [0.3, 0.4) is 0 Å². The molecule has 0 unspecified atom stereocenters. The van der Waals surface area contributed by atoms with E-state index in [-0.39, 0.29) is 12.1 Å². The molecular formula is C9H18FNOS. The summed E-state index contributed by atoms with van der Waals surface area (Å²) in [6.45, 7) is 2.47. The molecule has 0 aliphatic carbocycles. The first-order valence-electron chi connectivity index (χ1n) is 4.47. The van der Waals surface area contributed by atoms with E-state index in [1.807, 2.05) is 7.05 Å². The maximum absolute atomic E-state index is 12.4. The Kier molecular flexibility index (Phi) is 8.24. The standard InChI is InChI=1S/C9H18FNOS/c1-4-5-6-8(11-2)9(13-10)7-12-3/h11H,4-7H2,1-3H3/b9-8-. The molecule has 0 heterocycles. The Morgan fingerprint density at radius 3 is 2.62 bits per heavy atom. The van der Waals surface area contributed by atoms with Gasteiger partial charge in [-0.3, -0.25) is 0 Å². The van der Waals surface area contributed by atoms with Gasteiger partial charge < -0.3 is 10.1 Å². The first-order chi connectivity index (χ1) is 6.29. The molecule has 0 atom stereocenters. The summed E-state index contributed by atoms with van der Waals surface area (Å²) in [6.07, 6.45) is 3.08. The molecule has 0 aliphatic heterocycles. The minimum Gasteiger partial charge on any atom is -0.391 e. The number of hydrogen-bond donors (Lipinski definition) is 1. The Bertz CT molecular complexity index is 162. The average molecular weight is 207 g/mol. The number of allylic oxidation sites excluding steroid dienone is 1. The van der Waals surface area contributed by atoms with E-state index in [2.05, 4.69) is 12.2 Å². The molecule has 0 bridgehead atoms. The van der Waals surface area contributed by atoms with E-state index in [0.717, 1.165) is 25.0 Å². The van der Waals surface area contributed by atoms with Crippen LogP contribution in [-0.4, -0.2) is 20.8 Å². The predicted molar refractivity (Wildman–Crippen MR) is 56.2 cm³/mol. The zero-order valence-electron chi connectivity index (χ0n) is 8.52. The van der Waals surface area contributed by atoms with Gasteiger partial charge in [-0.1, -0.05) is 13.3 Å². The summed E-state index contributed by atoms with van der Waals surface area (Å²) in [5.41, 5.74) is 0.955. The van der Waals surface area contributed by atoms with Gasteiger partial charge >= 0.3 is 0 Å².